The van der Waals surface area contributed by atoms with Gasteiger partial charge in [0.25, 0.3) is 0 Å². The fourth-order valence-electron chi connectivity index (χ4n) is 3.28. The van der Waals surface area contributed by atoms with Crippen LogP contribution in [-0.4, -0.2) is 54.6 Å². The molecule has 0 aromatic carbocycles. The largest absolute Gasteiger partial charge is 0.357 e. The number of aryl methyl sites for hydroxylation is 1. The summed E-state index contributed by atoms with van der Waals surface area (Å²) in [5, 5.41) is 10.0. The predicted octanol–water partition coefficient (Wildman–Crippen LogP) is 2.81. The van der Waals surface area contributed by atoms with E-state index in [9.17, 15) is 0 Å². The van der Waals surface area contributed by atoms with Crippen LogP contribution < -0.4 is 10.6 Å². The number of hydrogen-bond donors (Lipinski definition) is 2. The second kappa shape index (κ2) is 10.7. The van der Waals surface area contributed by atoms with Crippen LogP contribution in [0.1, 0.15) is 50.2 Å². The maximum Gasteiger partial charge on any atom is 0.191 e. The molecule has 0 radical (unpaired) electrons. The minimum Gasteiger partial charge on any atom is -0.357 e. The summed E-state index contributed by atoms with van der Waals surface area (Å²) >= 11 is 1.72. The van der Waals surface area contributed by atoms with Crippen LogP contribution in [0.25, 0.3) is 0 Å². The van der Waals surface area contributed by atoms with Gasteiger partial charge < -0.3 is 10.6 Å². The van der Waals surface area contributed by atoms with Crippen molar-refractivity contribution in [1.29, 1.82) is 0 Å². The highest BCUT2D eigenvalue weighted by Crippen LogP contribution is 2.18. The summed E-state index contributed by atoms with van der Waals surface area (Å²) in [5.74, 6) is 0.925. The number of rotatable bonds is 8. The quantitative estimate of drug-likeness (QED) is 0.559. The van der Waals surface area contributed by atoms with Crippen LogP contribution in [-0.2, 0) is 6.42 Å². The lowest BCUT2D eigenvalue weighted by molar-refractivity contribution is 0.148. The van der Waals surface area contributed by atoms with Crippen LogP contribution in [0, 0.1) is 6.92 Å². The standard InChI is InChI=1S/C18H33N5S/c1-4-17-8-6-7-12-23(17)13-11-21-18(19-5-2)20-10-9-16-14-24-15(3)22-16/h14,17H,4-13H2,1-3H3,(H2,19,20,21). The molecule has 1 atom stereocenters. The van der Waals surface area contributed by atoms with Gasteiger partial charge in [-0.15, -0.1) is 11.3 Å². The molecule has 0 aliphatic carbocycles. The number of guanidine groups is 1. The van der Waals surface area contributed by atoms with Gasteiger partial charge in [0.05, 0.1) is 17.2 Å². The van der Waals surface area contributed by atoms with Crippen LogP contribution in [0.15, 0.2) is 10.4 Å². The van der Waals surface area contributed by atoms with Crippen LogP contribution in [0.3, 0.4) is 0 Å². The lowest BCUT2D eigenvalue weighted by atomic mass is 10.0. The molecule has 24 heavy (non-hydrogen) atoms. The number of hydrogen-bond acceptors (Lipinski definition) is 4. The molecular weight excluding hydrogens is 318 g/mol. The van der Waals surface area contributed by atoms with Gasteiger partial charge in [-0.1, -0.05) is 13.3 Å². The van der Waals surface area contributed by atoms with Crippen molar-refractivity contribution in [1.82, 2.24) is 20.5 Å². The maximum atomic E-state index is 4.75. The van der Waals surface area contributed by atoms with Crippen molar-refractivity contribution in [2.75, 3.05) is 32.7 Å². The molecule has 6 heteroatoms. The zero-order valence-electron chi connectivity index (χ0n) is 15.5. The average Bonchev–Trinajstić information content (AvgIpc) is 3.00. The molecule has 0 amide bonds. The van der Waals surface area contributed by atoms with Gasteiger partial charge in [-0.25, -0.2) is 4.98 Å². The number of piperidine rings is 1. The van der Waals surface area contributed by atoms with Gasteiger partial charge in [-0.3, -0.25) is 9.89 Å². The van der Waals surface area contributed by atoms with Gasteiger partial charge in [0.15, 0.2) is 5.96 Å². The molecule has 0 bridgehead atoms. The Kier molecular flexibility index (Phi) is 8.53. The van der Waals surface area contributed by atoms with Gasteiger partial charge in [0.1, 0.15) is 0 Å². The Morgan fingerprint density at radius 2 is 2.25 bits per heavy atom. The topological polar surface area (TPSA) is 52.6 Å². The van der Waals surface area contributed by atoms with Gasteiger partial charge in [0, 0.05) is 37.5 Å². The van der Waals surface area contributed by atoms with Crippen LogP contribution >= 0.6 is 11.3 Å². The van der Waals surface area contributed by atoms with E-state index in [1.807, 2.05) is 0 Å². The highest BCUT2D eigenvalue weighted by molar-refractivity contribution is 7.09. The lowest BCUT2D eigenvalue weighted by Gasteiger charge is -2.34. The molecule has 1 aliphatic heterocycles. The molecule has 5 nitrogen and oxygen atoms in total. The summed E-state index contributed by atoms with van der Waals surface area (Å²) in [6.07, 6.45) is 6.28. The molecule has 1 saturated heterocycles. The van der Waals surface area contributed by atoms with E-state index >= 15 is 0 Å². The first-order valence-corrected chi connectivity index (χ1v) is 10.3. The Morgan fingerprint density at radius 3 is 2.96 bits per heavy atom. The van der Waals surface area contributed by atoms with Crippen molar-refractivity contribution in [2.24, 2.45) is 4.99 Å². The molecule has 1 aromatic rings. The SMILES string of the molecule is CCNC(=NCCN1CCCCC1CC)NCCc1csc(C)n1. The predicted molar refractivity (Wildman–Crippen MR) is 104 cm³/mol. The molecule has 2 heterocycles. The second-order valence-electron chi connectivity index (χ2n) is 6.39. The number of thiazole rings is 1. The lowest BCUT2D eigenvalue weighted by Crippen LogP contribution is -2.42. The zero-order chi connectivity index (χ0) is 17.2. The van der Waals surface area contributed by atoms with E-state index in [1.54, 1.807) is 11.3 Å². The smallest absolute Gasteiger partial charge is 0.191 e. The fourth-order valence-corrected chi connectivity index (χ4v) is 3.93. The third-order valence-corrected chi connectivity index (χ3v) is 5.38. The Morgan fingerprint density at radius 1 is 1.38 bits per heavy atom. The van der Waals surface area contributed by atoms with Crippen molar-refractivity contribution >= 4 is 17.3 Å². The highest BCUT2D eigenvalue weighted by Gasteiger charge is 2.19. The normalized spacial score (nSPS) is 19.5. The number of nitrogens with zero attached hydrogens (tertiary/aromatic N) is 3. The van der Waals surface area contributed by atoms with Crippen LogP contribution in [0.5, 0.6) is 0 Å². The number of aliphatic imine (C=N–C) groups is 1. The third-order valence-electron chi connectivity index (χ3n) is 4.56. The van der Waals surface area contributed by atoms with Gasteiger partial charge in [-0.05, 0) is 39.7 Å². The summed E-state index contributed by atoms with van der Waals surface area (Å²) in [6.45, 7) is 11.4. The Hall–Kier alpha value is -1.14. The number of likely N-dealkylation sites (tertiary alicyclic amines) is 1. The summed E-state index contributed by atoms with van der Waals surface area (Å²) in [5.41, 5.74) is 1.17. The summed E-state index contributed by atoms with van der Waals surface area (Å²) < 4.78 is 0. The van der Waals surface area contributed by atoms with Crippen molar-refractivity contribution in [3.63, 3.8) is 0 Å². The Bertz CT molecular complexity index is 499. The van der Waals surface area contributed by atoms with E-state index in [-0.39, 0.29) is 0 Å². The van der Waals surface area contributed by atoms with Crippen LogP contribution in [0.4, 0.5) is 0 Å². The Balaban J connectivity index is 1.74. The molecule has 136 valence electrons. The average molecular weight is 352 g/mol. The molecule has 0 spiro atoms. The fraction of sp³-hybridized carbons (Fsp3) is 0.778. The van der Waals surface area contributed by atoms with Crippen LogP contribution in [0.2, 0.25) is 0 Å². The summed E-state index contributed by atoms with van der Waals surface area (Å²) in [4.78, 5) is 11.9. The molecule has 2 rings (SSSR count). The van der Waals surface area contributed by atoms with Gasteiger partial charge in [0.2, 0.25) is 0 Å². The number of aromatic nitrogens is 1. The molecule has 0 saturated carbocycles. The van der Waals surface area contributed by atoms with E-state index in [0.29, 0.717) is 0 Å². The van der Waals surface area contributed by atoms with Gasteiger partial charge in [-0.2, -0.15) is 0 Å². The number of nitrogens with one attached hydrogen (secondary N) is 2. The molecular formula is C18H33N5S. The monoisotopic (exact) mass is 351 g/mol. The van der Waals surface area contributed by atoms with Gasteiger partial charge >= 0.3 is 0 Å². The van der Waals surface area contributed by atoms with E-state index in [1.165, 1.54) is 37.9 Å². The second-order valence-corrected chi connectivity index (χ2v) is 7.45. The molecule has 1 aromatic heterocycles. The van der Waals surface area contributed by atoms with E-state index in [2.05, 4.69) is 46.7 Å². The van der Waals surface area contributed by atoms with E-state index in [0.717, 1.165) is 49.6 Å². The molecule has 1 unspecified atom stereocenters. The zero-order valence-corrected chi connectivity index (χ0v) is 16.3. The minimum absolute atomic E-state index is 0.761. The molecule has 2 N–H and O–H groups in total. The van der Waals surface area contributed by atoms with Crippen molar-refractivity contribution in [3.8, 4) is 0 Å². The van der Waals surface area contributed by atoms with E-state index < -0.39 is 0 Å². The maximum absolute atomic E-state index is 4.75. The highest BCUT2D eigenvalue weighted by atomic mass is 32.1. The van der Waals surface area contributed by atoms with Crippen molar-refractivity contribution in [3.05, 3.63) is 16.1 Å². The van der Waals surface area contributed by atoms with Crippen molar-refractivity contribution in [2.45, 2.75) is 58.9 Å². The summed E-state index contributed by atoms with van der Waals surface area (Å²) in [7, 11) is 0. The molecule has 1 aliphatic rings. The Labute approximate surface area is 151 Å². The molecule has 1 fully saturated rings. The summed E-state index contributed by atoms with van der Waals surface area (Å²) in [6, 6.07) is 0.761. The first kappa shape index (κ1) is 19.2. The first-order valence-electron chi connectivity index (χ1n) is 9.40. The minimum atomic E-state index is 0.761. The van der Waals surface area contributed by atoms with Crippen molar-refractivity contribution < 1.29 is 0 Å². The first-order chi connectivity index (χ1) is 11.7. The third kappa shape index (κ3) is 6.40. The van der Waals surface area contributed by atoms with E-state index in [4.69, 9.17) is 4.99 Å².